The Morgan fingerprint density at radius 3 is 2.44 bits per heavy atom. The van der Waals surface area contributed by atoms with E-state index in [2.05, 4.69) is 20.5 Å². The number of hydrogen-bond donors (Lipinski definition) is 2. The Morgan fingerprint density at radius 2 is 1.79 bits per heavy atom. The molecule has 1 aliphatic heterocycles. The second-order valence-electron chi connectivity index (χ2n) is 9.65. The minimum atomic E-state index is -3.75. The van der Waals surface area contributed by atoms with Crippen molar-refractivity contribution in [2.75, 3.05) is 43.9 Å². The molecule has 1 amide bonds. The summed E-state index contributed by atoms with van der Waals surface area (Å²) in [5.41, 5.74) is 1.11. The lowest BCUT2D eigenvalue weighted by Crippen LogP contribution is -2.48. The smallest absolute Gasteiger partial charge is 0.328 e. The summed E-state index contributed by atoms with van der Waals surface area (Å²) >= 11 is 0.959. The molecule has 2 aromatic heterocycles. The molecule has 1 fully saturated rings. The monoisotopic (exact) mass is 575 g/mol. The Morgan fingerprint density at radius 1 is 1.10 bits per heavy atom. The van der Waals surface area contributed by atoms with Crippen LogP contribution in [0.1, 0.15) is 32.3 Å². The van der Waals surface area contributed by atoms with Gasteiger partial charge < -0.3 is 15.4 Å². The van der Waals surface area contributed by atoms with Crippen LogP contribution < -0.4 is 10.6 Å². The maximum atomic E-state index is 13.3. The number of fused-ring (bicyclic) bond motifs is 1. The lowest BCUT2D eigenvalue weighted by molar-refractivity contribution is -0.142. The van der Waals surface area contributed by atoms with Crippen molar-refractivity contribution >= 4 is 55.1 Å². The minimum Gasteiger partial charge on any atom is -0.467 e. The quantitative estimate of drug-likeness (QED) is 0.365. The molecule has 0 radical (unpaired) electrons. The van der Waals surface area contributed by atoms with Gasteiger partial charge in [-0.1, -0.05) is 37.3 Å². The third-order valence-electron chi connectivity index (χ3n) is 6.37. The Labute approximate surface area is 231 Å². The Hall–Kier alpha value is -3.20. The van der Waals surface area contributed by atoms with Crippen LogP contribution >= 0.6 is 11.3 Å². The van der Waals surface area contributed by atoms with Crippen LogP contribution in [-0.4, -0.2) is 83.8 Å². The molecular weight excluding hydrogens is 542 g/mol. The maximum Gasteiger partial charge on any atom is 0.328 e. The fourth-order valence-corrected chi connectivity index (χ4v) is 7.37. The zero-order valence-corrected chi connectivity index (χ0v) is 24.2. The van der Waals surface area contributed by atoms with Crippen molar-refractivity contribution in [3.05, 3.63) is 35.8 Å². The highest BCUT2D eigenvalue weighted by Gasteiger charge is 2.32. The van der Waals surface area contributed by atoms with Gasteiger partial charge in [-0.2, -0.15) is 4.31 Å². The van der Waals surface area contributed by atoms with Gasteiger partial charge in [0, 0.05) is 38.5 Å². The lowest BCUT2D eigenvalue weighted by Gasteiger charge is -2.33. The summed E-state index contributed by atoms with van der Waals surface area (Å²) in [5.74, 6) is 0.420. The van der Waals surface area contributed by atoms with Crippen molar-refractivity contribution in [2.24, 2.45) is 5.92 Å². The Bertz CT molecular complexity index is 1470. The number of anilines is 2. The summed E-state index contributed by atoms with van der Waals surface area (Å²) < 4.78 is 33.1. The van der Waals surface area contributed by atoms with Gasteiger partial charge in [-0.25, -0.2) is 28.2 Å². The molecule has 0 spiro atoms. The van der Waals surface area contributed by atoms with E-state index < -0.39 is 16.1 Å². The molecule has 12 nitrogen and oxygen atoms in total. The highest BCUT2D eigenvalue weighted by molar-refractivity contribution is 7.91. The lowest BCUT2D eigenvalue weighted by atomic mass is 10.0. The summed E-state index contributed by atoms with van der Waals surface area (Å²) in [4.78, 5) is 39.5. The minimum absolute atomic E-state index is 0.0267. The standard InChI is InChI=1S/C25H33N7O5S2/c1-15(2)21(23(34)37-5)30-22-18-8-6-7-9-19(18)28-20(29-22)14-31-10-12-32(13-11-31)39(35,36)24-16(3)26-25(38-24)27-17(4)33/h6-9,15,21H,10-14H2,1-5H3,(H,26,27,33)(H,28,29,30)/t21-/m0/s1. The number of amides is 1. The second kappa shape index (κ2) is 11.9. The predicted octanol–water partition coefficient (Wildman–Crippen LogP) is 2.47. The van der Waals surface area contributed by atoms with E-state index >= 15 is 0 Å². The number of thiazole rings is 1. The van der Waals surface area contributed by atoms with Crippen molar-refractivity contribution in [2.45, 2.75) is 44.5 Å². The molecule has 0 aliphatic carbocycles. The van der Waals surface area contributed by atoms with Crippen LogP contribution in [-0.2, 0) is 30.9 Å². The van der Waals surface area contributed by atoms with Crippen LogP contribution in [0.2, 0.25) is 0 Å². The van der Waals surface area contributed by atoms with Gasteiger partial charge in [0.25, 0.3) is 10.0 Å². The molecule has 0 saturated carbocycles. The Balaban J connectivity index is 1.49. The van der Waals surface area contributed by atoms with Gasteiger partial charge in [-0.05, 0) is 25.0 Å². The highest BCUT2D eigenvalue weighted by Crippen LogP contribution is 2.30. The molecule has 14 heteroatoms. The first-order chi connectivity index (χ1) is 18.5. The first kappa shape index (κ1) is 28.8. The molecule has 2 N–H and O–H groups in total. The van der Waals surface area contributed by atoms with Crippen LogP contribution in [0.5, 0.6) is 0 Å². The number of rotatable bonds is 9. The van der Waals surface area contributed by atoms with Crippen molar-refractivity contribution in [1.82, 2.24) is 24.2 Å². The fourth-order valence-electron chi connectivity index (χ4n) is 4.35. The van der Waals surface area contributed by atoms with Crippen LogP contribution in [0.4, 0.5) is 10.9 Å². The molecule has 39 heavy (non-hydrogen) atoms. The van der Waals surface area contributed by atoms with E-state index in [1.807, 2.05) is 38.1 Å². The summed E-state index contributed by atoms with van der Waals surface area (Å²) in [6.07, 6.45) is 0. The highest BCUT2D eigenvalue weighted by atomic mass is 32.2. The van der Waals surface area contributed by atoms with Gasteiger partial charge in [0.05, 0.1) is 24.9 Å². The topological polar surface area (TPSA) is 147 Å². The normalized spacial score (nSPS) is 15.8. The number of nitrogens with zero attached hydrogens (tertiary/aromatic N) is 5. The summed E-state index contributed by atoms with van der Waals surface area (Å²) in [6, 6.07) is 7.01. The largest absolute Gasteiger partial charge is 0.467 e. The number of esters is 1. The van der Waals surface area contributed by atoms with Gasteiger partial charge in [-0.15, -0.1) is 0 Å². The number of nitrogens with one attached hydrogen (secondary N) is 2. The summed E-state index contributed by atoms with van der Waals surface area (Å²) in [5, 5.41) is 6.87. The molecule has 4 rings (SSSR count). The number of ether oxygens (including phenoxy) is 1. The van der Waals surface area contributed by atoms with Gasteiger partial charge in [0.2, 0.25) is 5.91 Å². The van der Waals surface area contributed by atoms with Crippen LogP contribution in [0.15, 0.2) is 28.5 Å². The molecular formula is C25H33N7O5S2. The third-order valence-corrected chi connectivity index (χ3v) is 9.93. The average molecular weight is 576 g/mol. The van der Waals surface area contributed by atoms with E-state index in [1.54, 1.807) is 6.92 Å². The third kappa shape index (κ3) is 6.52. The molecule has 1 aliphatic rings. The van der Waals surface area contributed by atoms with Gasteiger partial charge >= 0.3 is 5.97 Å². The molecule has 1 atom stereocenters. The SMILES string of the molecule is COC(=O)[C@@H](Nc1nc(CN2CCN(S(=O)(=O)c3sc(NC(C)=O)nc3C)CC2)nc2ccccc12)C(C)C. The second-order valence-corrected chi connectivity index (χ2v) is 12.8. The number of methoxy groups -OCH3 is 1. The maximum absolute atomic E-state index is 13.3. The number of aromatic nitrogens is 3. The first-order valence-electron chi connectivity index (χ1n) is 12.6. The van der Waals surface area contributed by atoms with E-state index in [-0.39, 0.29) is 27.1 Å². The molecule has 3 heterocycles. The van der Waals surface area contributed by atoms with Crippen LogP contribution in [0.25, 0.3) is 10.9 Å². The number of para-hydroxylation sites is 1. The molecule has 0 unspecified atom stereocenters. The molecule has 210 valence electrons. The van der Waals surface area contributed by atoms with Crippen molar-refractivity contribution < 1.29 is 22.7 Å². The van der Waals surface area contributed by atoms with Crippen molar-refractivity contribution in [3.8, 4) is 0 Å². The van der Waals surface area contributed by atoms with Crippen molar-refractivity contribution in [3.63, 3.8) is 0 Å². The summed E-state index contributed by atoms with van der Waals surface area (Å²) in [7, 11) is -2.38. The Kier molecular flexibility index (Phi) is 8.79. The number of piperazine rings is 1. The predicted molar refractivity (Wildman–Crippen MR) is 149 cm³/mol. The van der Waals surface area contributed by atoms with Crippen LogP contribution in [0, 0.1) is 12.8 Å². The number of benzene rings is 1. The molecule has 1 aromatic carbocycles. The number of carbonyl (C=O) groups is 2. The van der Waals surface area contributed by atoms with E-state index in [0.29, 0.717) is 50.1 Å². The zero-order valence-electron chi connectivity index (χ0n) is 22.6. The number of aryl methyl sites for hydroxylation is 1. The van der Waals surface area contributed by atoms with Crippen LogP contribution in [0.3, 0.4) is 0 Å². The molecule has 3 aromatic rings. The van der Waals surface area contributed by atoms with E-state index in [1.165, 1.54) is 18.3 Å². The fraction of sp³-hybridized carbons (Fsp3) is 0.480. The van der Waals surface area contributed by atoms with Crippen molar-refractivity contribution in [1.29, 1.82) is 0 Å². The zero-order chi connectivity index (χ0) is 28.3. The number of hydrogen-bond acceptors (Lipinski definition) is 11. The molecule has 0 bridgehead atoms. The van der Waals surface area contributed by atoms with E-state index in [0.717, 1.165) is 22.2 Å². The summed E-state index contributed by atoms with van der Waals surface area (Å²) in [6.45, 7) is 8.83. The van der Waals surface area contributed by atoms with E-state index in [9.17, 15) is 18.0 Å². The van der Waals surface area contributed by atoms with Gasteiger partial charge in [0.15, 0.2) is 9.34 Å². The van der Waals surface area contributed by atoms with E-state index in [4.69, 9.17) is 14.7 Å². The van der Waals surface area contributed by atoms with Gasteiger partial charge in [0.1, 0.15) is 17.7 Å². The average Bonchev–Trinajstić information content (AvgIpc) is 3.26. The van der Waals surface area contributed by atoms with Gasteiger partial charge in [-0.3, -0.25) is 9.69 Å². The molecule has 1 saturated heterocycles. The number of sulfonamides is 1. The number of carbonyl (C=O) groups excluding carboxylic acids is 2. The first-order valence-corrected chi connectivity index (χ1v) is 14.8.